The normalized spacial score (nSPS) is 16.2. The van der Waals surface area contributed by atoms with Crippen LogP contribution in [-0.2, 0) is 16.0 Å². The number of hydrogen-bond donors (Lipinski definition) is 0. The summed E-state index contributed by atoms with van der Waals surface area (Å²) in [7, 11) is 3.54. The second kappa shape index (κ2) is 5.82. The zero-order valence-electron chi connectivity index (χ0n) is 14.8. The maximum absolute atomic E-state index is 11.4. The third kappa shape index (κ3) is 2.67. The number of ether oxygens (including phenoxy) is 2. The Balaban J connectivity index is 2.49. The van der Waals surface area contributed by atoms with E-state index < -0.39 is 0 Å². The number of nitrogens with zero attached hydrogens (tertiary/aromatic N) is 1. The second-order valence-corrected chi connectivity index (χ2v) is 6.77. The lowest BCUT2D eigenvalue weighted by Gasteiger charge is -2.44. The Morgan fingerprint density at radius 2 is 1.82 bits per heavy atom. The van der Waals surface area contributed by atoms with Gasteiger partial charge in [-0.15, -0.1) is 0 Å². The third-order valence-electron chi connectivity index (χ3n) is 5.13. The van der Waals surface area contributed by atoms with Gasteiger partial charge in [0.2, 0.25) is 0 Å². The van der Waals surface area contributed by atoms with E-state index in [1.165, 1.54) is 23.9 Å². The minimum absolute atomic E-state index is 0.0439. The standard InChI is InChI=1S/C18H27NO3/c1-11-12(2)17(22-10-15(20)21-7)13(3)14-8-9-18(4,5)19(6)16(11)14/h8-10H2,1-7H3. The maximum atomic E-state index is 11.4. The number of anilines is 1. The Morgan fingerprint density at radius 1 is 1.18 bits per heavy atom. The first-order valence-electron chi connectivity index (χ1n) is 7.76. The molecule has 22 heavy (non-hydrogen) atoms. The number of benzene rings is 1. The van der Waals surface area contributed by atoms with Gasteiger partial charge in [0, 0.05) is 18.3 Å². The first kappa shape index (κ1) is 16.7. The molecule has 0 unspecified atom stereocenters. The van der Waals surface area contributed by atoms with Crippen molar-refractivity contribution in [3.8, 4) is 5.75 Å². The van der Waals surface area contributed by atoms with E-state index in [0.29, 0.717) is 0 Å². The smallest absolute Gasteiger partial charge is 0.343 e. The fourth-order valence-electron chi connectivity index (χ4n) is 3.24. The van der Waals surface area contributed by atoms with Crippen molar-refractivity contribution in [3.63, 3.8) is 0 Å². The van der Waals surface area contributed by atoms with Crippen LogP contribution >= 0.6 is 0 Å². The summed E-state index contributed by atoms with van der Waals surface area (Å²) in [6.45, 7) is 10.8. The van der Waals surface area contributed by atoms with Crippen LogP contribution in [0.5, 0.6) is 5.75 Å². The predicted octanol–water partition coefficient (Wildman–Crippen LogP) is 3.32. The van der Waals surface area contributed by atoms with Gasteiger partial charge in [-0.05, 0) is 69.7 Å². The van der Waals surface area contributed by atoms with Gasteiger partial charge < -0.3 is 14.4 Å². The first-order valence-corrected chi connectivity index (χ1v) is 7.76. The molecule has 0 saturated heterocycles. The summed E-state index contributed by atoms with van der Waals surface area (Å²) in [5, 5.41) is 0. The fraction of sp³-hybridized carbons (Fsp3) is 0.611. The van der Waals surface area contributed by atoms with E-state index in [2.05, 4.69) is 51.3 Å². The lowest BCUT2D eigenvalue weighted by Crippen LogP contribution is -2.45. The van der Waals surface area contributed by atoms with Gasteiger partial charge >= 0.3 is 5.97 Å². The van der Waals surface area contributed by atoms with E-state index in [9.17, 15) is 4.79 Å². The van der Waals surface area contributed by atoms with E-state index in [-0.39, 0.29) is 18.1 Å². The molecule has 4 nitrogen and oxygen atoms in total. The summed E-state index contributed by atoms with van der Waals surface area (Å²) in [5.41, 5.74) is 6.29. The SMILES string of the molecule is COC(=O)COc1c(C)c(C)c2c(c1C)CCC(C)(C)N2C. The van der Waals surface area contributed by atoms with Crippen molar-refractivity contribution in [1.29, 1.82) is 0 Å². The zero-order chi connectivity index (χ0) is 16.7. The molecule has 0 aliphatic carbocycles. The molecule has 0 amide bonds. The Bertz CT molecular complexity index is 605. The summed E-state index contributed by atoms with van der Waals surface area (Å²) in [4.78, 5) is 13.7. The molecule has 0 aromatic heterocycles. The van der Waals surface area contributed by atoms with E-state index in [0.717, 1.165) is 29.7 Å². The van der Waals surface area contributed by atoms with Gasteiger partial charge in [-0.1, -0.05) is 0 Å². The Labute approximate surface area is 133 Å². The monoisotopic (exact) mass is 305 g/mol. The maximum Gasteiger partial charge on any atom is 0.343 e. The molecule has 1 heterocycles. The molecule has 0 radical (unpaired) electrons. The largest absolute Gasteiger partial charge is 0.481 e. The summed E-state index contributed by atoms with van der Waals surface area (Å²) < 4.78 is 10.4. The van der Waals surface area contributed by atoms with E-state index >= 15 is 0 Å². The number of fused-ring (bicyclic) bond motifs is 1. The molecule has 0 N–H and O–H groups in total. The highest BCUT2D eigenvalue weighted by Crippen LogP contribution is 2.44. The molecule has 0 saturated carbocycles. The van der Waals surface area contributed by atoms with Gasteiger partial charge in [0.15, 0.2) is 6.61 Å². The van der Waals surface area contributed by atoms with E-state index in [1.807, 2.05) is 0 Å². The molecule has 1 aliphatic rings. The van der Waals surface area contributed by atoms with Crippen molar-refractivity contribution < 1.29 is 14.3 Å². The van der Waals surface area contributed by atoms with Crippen molar-refractivity contribution in [2.24, 2.45) is 0 Å². The van der Waals surface area contributed by atoms with Gasteiger partial charge in [0.05, 0.1) is 7.11 Å². The van der Waals surface area contributed by atoms with E-state index in [4.69, 9.17) is 4.74 Å². The minimum atomic E-state index is -0.354. The number of carbonyl (C=O) groups is 1. The van der Waals surface area contributed by atoms with Gasteiger partial charge in [-0.3, -0.25) is 0 Å². The highest BCUT2D eigenvalue weighted by molar-refractivity contribution is 5.73. The minimum Gasteiger partial charge on any atom is -0.481 e. The molecule has 1 aliphatic heterocycles. The number of rotatable bonds is 3. The fourth-order valence-corrected chi connectivity index (χ4v) is 3.24. The second-order valence-electron chi connectivity index (χ2n) is 6.77. The van der Waals surface area contributed by atoms with Crippen LogP contribution < -0.4 is 9.64 Å². The van der Waals surface area contributed by atoms with Crippen molar-refractivity contribution in [2.75, 3.05) is 25.7 Å². The lowest BCUT2D eigenvalue weighted by atomic mass is 9.82. The van der Waals surface area contributed by atoms with Crippen LogP contribution in [-0.4, -0.2) is 32.3 Å². The van der Waals surface area contributed by atoms with Crippen LogP contribution in [0.25, 0.3) is 0 Å². The molecule has 122 valence electrons. The highest BCUT2D eigenvalue weighted by Gasteiger charge is 2.33. The van der Waals surface area contributed by atoms with Crippen LogP contribution in [0.2, 0.25) is 0 Å². The molecule has 0 atom stereocenters. The number of carbonyl (C=O) groups excluding carboxylic acids is 1. The molecule has 2 rings (SSSR count). The lowest BCUT2D eigenvalue weighted by molar-refractivity contribution is -0.142. The molecule has 1 aromatic carbocycles. The van der Waals surface area contributed by atoms with Gasteiger partial charge in [-0.25, -0.2) is 4.79 Å². The van der Waals surface area contributed by atoms with Crippen molar-refractivity contribution in [2.45, 2.75) is 53.0 Å². The topological polar surface area (TPSA) is 38.8 Å². The summed E-state index contributed by atoms with van der Waals surface area (Å²) in [6.07, 6.45) is 2.14. The Kier molecular flexibility index (Phi) is 4.41. The summed E-state index contributed by atoms with van der Waals surface area (Å²) in [5.74, 6) is 0.474. The van der Waals surface area contributed by atoms with Crippen LogP contribution in [0.1, 0.15) is 42.5 Å². The molecule has 0 spiro atoms. The van der Waals surface area contributed by atoms with Crippen LogP contribution in [0.4, 0.5) is 5.69 Å². The Morgan fingerprint density at radius 3 is 2.41 bits per heavy atom. The average molecular weight is 305 g/mol. The zero-order valence-corrected chi connectivity index (χ0v) is 14.8. The summed E-state index contributed by atoms with van der Waals surface area (Å²) >= 11 is 0. The van der Waals surface area contributed by atoms with Crippen molar-refractivity contribution >= 4 is 11.7 Å². The highest BCUT2D eigenvalue weighted by atomic mass is 16.6. The number of esters is 1. The molecular weight excluding hydrogens is 278 g/mol. The van der Waals surface area contributed by atoms with Crippen LogP contribution in [0, 0.1) is 20.8 Å². The predicted molar refractivity (Wildman–Crippen MR) is 89.0 cm³/mol. The average Bonchev–Trinajstić information content (AvgIpc) is 2.47. The molecule has 0 fully saturated rings. The summed E-state index contributed by atoms with van der Waals surface area (Å²) in [6, 6.07) is 0. The number of hydrogen-bond acceptors (Lipinski definition) is 4. The quantitative estimate of drug-likeness (QED) is 0.803. The first-order chi connectivity index (χ1) is 10.2. The van der Waals surface area contributed by atoms with Crippen LogP contribution in [0.15, 0.2) is 0 Å². The van der Waals surface area contributed by atoms with Gasteiger partial charge in [-0.2, -0.15) is 0 Å². The van der Waals surface area contributed by atoms with Gasteiger partial charge in [0.1, 0.15) is 5.75 Å². The third-order valence-corrected chi connectivity index (χ3v) is 5.13. The van der Waals surface area contributed by atoms with Crippen LogP contribution in [0.3, 0.4) is 0 Å². The Hall–Kier alpha value is -1.71. The van der Waals surface area contributed by atoms with Crippen molar-refractivity contribution in [3.05, 3.63) is 22.3 Å². The molecule has 1 aromatic rings. The van der Waals surface area contributed by atoms with Gasteiger partial charge in [0.25, 0.3) is 0 Å². The molecule has 0 bridgehead atoms. The van der Waals surface area contributed by atoms with Crippen molar-refractivity contribution in [1.82, 2.24) is 0 Å². The molecular formula is C18H27NO3. The number of methoxy groups -OCH3 is 1. The van der Waals surface area contributed by atoms with E-state index in [1.54, 1.807) is 0 Å². The molecule has 4 heteroatoms.